The van der Waals surface area contributed by atoms with Crippen molar-refractivity contribution < 1.29 is 4.74 Å². The maximum Gasteiger partial charge on any atom is 0.243 e. The lowest BCUT2D eigenvalue weighted by Crippen LogP contribution is -1.97. The Balaban J connectivity index is 2.38. The Kier molecular flexibility index (Phi) is 3.15. The molecule has 4 nitrogen and oxygen atoms in total. The van der Waals surface area contributed by atoms with Gasteiger partial charge >= 0.3 is 0 Å². The first-order valence-electron chi connectivity index (χ1n) is 5.09. The lowest BCUT2D eigenvalue weighted by atomic mass is 10.1. The van der Waals surface area contributed by atoms with Gasteiger partial charge in [-0.25, -0.2) is 4.98 Å². The highest BCUT2D eigenvalue weighted by atomic mass is 35.5. The van der Waals surface area contributed by atoms with Gasteiger partial charge in [0.1, 0.15) is 22.9 Å². The van der Waals surface area contributed by atoms with Crippen LogP contribution in [0.2, 0.25) is 5.02 Å². The number of aryl methyl sites for hydroxylation is 2. The Bertz CT molecular complexity index is 557. The second-order valence-electron chi connectivity index (χ2n) is 3.75. The van der Waals surface area contributed by atoms with Crippen LogP contribution in [0.3, 0.4) is 0 Å². The molecule has 1 aromatic heterocycles. The number of hydrogen-bond acceptors (Lipinski definition) is 4. The summed E-state index contributed by atoms with van der Waals surface area (Å²) in [6.07, 6.45) is 1.32. The number of anilines is 1. The molecule has 0 aliphatic rings. The van der Waals surface area contributed by atoms with Crippen molar-refractivity contribution in [1.82, 2.24) is 9.97 Å². The van der Waals surface area contributed by atoms with E-state index in [9.17, 15) is 0 Å². The van der Waals surface area contributed by atoms with Crippen LogP contribution in [0.5, 0.6) is 11.6 Å². The summed E-state index contributed by atoms with van der Waals surface area (Å²) in [5.41, 5.74) is 7.68. The van der Waals surface area contributed by atoms with Crippen molar-refractivity contribution in [2.75, 3.05) is 5.73 Å². The fourth-order valence-corrected chi connectivity index (χ4v) is 1.50. The minimum absolute atomic E-state index is 0.210. The summed E-state index contributed by atoms with van der Waals surface area (Å²) in [5, 5.41) is 0.230. The van der Waals surface area contributed by atoms with Gasteiger partial charge in [0.05, 0.1) is 0 Å². The molecule has 0 radical (unpaired) electrons. The Hall–Kier alpha value is -1.81. The molecule has 2 rings (SSSR count). The Morgan fingerprint density at radius 1 is 1.24 bits per heavy atom. The molecule has 1 aromatic carbocycles. The zero-order valence-electron chi connectivity index (χ0n) is 9.57. The summed E-state index contributed by atoms with van der Waals surface area (Å²) >= 11 is 5.96. The zero-order chi connectivity index (χ0) is 12.4. The maximum absolute atomic E-state index is 5.96. The summed E-state index contributed by atoms with van der Waals surface area (Å²) in [6, 6.07) is 5.91. The smallest absolute Gasteiger partial charge is 0.243 e. The lowest BCUT2D eigenvalue weighted by molar-refractivity contribution is 0.458. The van der Waals surface area contributed by atoms with E-state index in [0.29, 0.717) is 5.75 Å². The number of rotatable bonds is 2. The molecule has 0 aliphatic heterocycles. The van der Waals surface area contributed by atoms with Crippen LogP contribution in [-0.4, -0.2) is 9.97 Å². The van der Waals surface area contributed by atoms with Crippen molar-refractivity contribution in [3.8, 4) is 11.6 Å². The summed E-state index contributed by atoms with van der Waals surface area (Å²) < 4.78 is 5.64. The van der Waals surface area contributed by atoms with E-state index in [4.69, 9.17) is 22.1 Å². The molecule has 0 saturated carbocycles. The van der Waals surface area contributed by atoms with Gasteiger partial charge in [-0.15, -0.1) is 0 Å². The van der Waals surface area contributed by atoms with Gasteiger partial charge in [0.2, 0.25) is 5.88 Å². The first kappa shape index (κ1) is 11.7. The minimum Gasteiger partial charge on any atom is -0.437 e. The van der Waals surface area contributed by atoms with Crippen LogP contribution in [0.1, 0.15) is 11.1 Å². The van der Waals surface area contributed by atoms with Crippen LogP contribution in [0, 0.1) is 13.8 Å². The van der Waals surface area contributed by atoms with Crippen molar-refractivity contribution in [2.24, 2.45) is 0 Å². The second kappa shape index (κ2) is 4.59. The molecule has 0 saturated heterocycles. The van der Waals surface area contributed by atoms with Crippen molar-refractivity contribution >= 4 is 17.4 Å². The molecule has 0 atom stereocenters. The third-order valence-corrected chi connectivity index (χ3v) is 2.69. The van der Waals surface area contributed by atoms with Crippen molar-refractivity contribution in [1.29, 1.82) is 0 Å². The van der Waals surface area contributed by atoms with E-state index < -0.39 is 0 Å². The molecule has 0 spiro atoms. The van der Waals surface area contributed by atoms with Crippen molar-refractivity contribution in [2.45, 2.75) is 13.8 Å². The van der Waals surface area contributed by atoms with Crippen LogP contribution in [-0.2, 0) is 0 Å². The topological polar surface area (TPSA) is 61.0 Å². The van der Waals surface area contributed by atoms with Gasteiger partial charge in [0.25, 0.3) is 0 Å². The number of nitrogens with two attached hydrogens (primary N) is 1. The highest BCUT2D eigenvalue weighted by molar-refractivity contribution is 6.34. The first-order chi connectivity index (χ1) is 8.08. The van der Waals surface area contributed by atoms with Crippen LogP contribution < -0.4 is 10.5 Å². The predicted molar refractivity (Wildman–Crippen MR) is 67.4 cm³/mol. The summed E-state index contributed by atoms with van der Waals surface area (Å²) in [4.78, 5) is 7.74. The van der Waals surface area contributed by atoms with Gasteiger partial charge in [-0.1, -0.05) is 23.7 Å². The highest BCUT2D eigenvalue weighted by Gasteiger charge is 2.10. The van der Waals surface area contributed by atoms with Crippen LogP contribution >= 0.6 is 11.6 Å². The normalized spacial score (nSPS) is 10.3. The Morgan fingerprint density at radius 3 is 2.76 bits per heavy atom. The van der Waals surface area contributed by atoms with Crippen LogP contribution in [0.15, 0.2) is 24.5 Å². The van der Waals surface area contributed by atoms with Gasteiger partial charge in [-0.05, 0) is 31.0 Å². The fraction of sp³-hybridized carbons (Fsp3) is 0.167. The van der Waals surface area contributed by atoms with Gasteiger partial charge in [-0.3, -0.25) is 0 Å². The van der Waals surface area contributed by atoms with E-state index in [1.54, 1.807) is 0 Å². The second-order valence-corrected chi connectivity index (χ2v) is 4.13. The van der Waals surface area contributed by atoms with Crippen LogP contribution in [0.4, 0.5) is 5.82 Å². The summed E-state index contributed by atoms with van der Waals surface area (Å²) in [6.45, 7) is 3.94. The minimum atomic E-state index is 0.210. The van der Waals surface area contributed by atoms with E-state index in [1.807, 2.05) is 32.0 Å². The first-order valence-corrected chi connectivity index (χ1v) is 5.47. The van der Waals surface area contributed by atoms with Crippen molar-refractivity contribution in [3.05, 3.63) is 40.7 Å². The standard InChI is InChI=1S/C12H12ClN3O/c1-7-3-4-8(2)9(5-7)17-12-10(13)11(14)15-6-16-12/h3-6H,1-2H3,(H2,14,15,16). The molecule has 88 valence electrons. The molecule has 0 aliphatic carbocycles. The summed E-state index contributed by atoms with van der Waals surface area (Å²) in [5.74, 6) is 1.19. The van der Waals surface area contributed by atoms with E-state index in [-0.39, 0.29) is 16.7 Å². The third kappa shape index (κ3) is 2.47. The number of hydrogen-bond donors (Lipinski definition) is 1. The van der Waals surface area contributed by atoms with Gasteiger partial charge in [0, 0.05) is 0 Å². The van der Waals surface area contributed by atoms with E-state index in [2.05, 4.69) is 9.97 Å². The average molecular weight is 250 g/mol. The number of nitrogen functional groups attached to an aromatic ring is 1. The molecule has 0 fully saturated rings. The Morgan fingerprint density at radius 2 is 2.00 bits per heavy atom. The van der Waals surface area contributed by atoms with E-state index >= 15 is 0 Å². The van der Waals surface area contributed by atoms with E-state index in [1.165, 1.54) is 6.33 Å². The third-order valence-electron chi connectivity index (χ3n) is 2.33. The van der Waals surface area contributed by atoms with E-state index in [0.717, 1.165) is 11.1 Å². The molecular formula is C12H12ClN3O. The van der Waals surface area contributed by atoms with Crippen LogP contribution in [0.25, 0.3) is 0 Å². The van der Waals surface area contributed by atoms with Gasteiger partial charge < -0.3 is 10.5 Å². The van der Waals surface area contributed by atoms with Crippen molar-refractivity contribution in [3.63, 3.8) is 0 Å². The molecule has 0 unspecified atom stereocenters. The van der Waals surface area contributed by atoms with Gasteiger partial charge in [-0.2, -0.15) is 4.98 Å². The molecule has 17 heavy (non-hydrogen) atoms. The van der Waals surface area contributed by atoms with Gasteiger partial charge in [0.15, 0.2) is 0 Å². The number of nitrogens with zero attached hydrogens (tertiary/aromatic N) is 2. The number of halogens is 1. The zero-order valence-corrected chi connectivity index (χ0v) is 10.3. The molecule has 2 N–H and O–H groups in total. The quantitative estimate of drug-likeness (QED) is 0.888. The summed E-state index contributed by atoms with van der Waals surface area (Å²) in [7, 11) is 0. The molecule has 0 amide bonds. The molecule has 0 bridgehead atoms. The maximum atomic E-state index is 5.96. The fourth-order valence-electron chi connectivity index (χ4n) is 1.36. The number of ether oxygens (including phenoxy) is 1. The predicted octanol–water partition coefficient (Wildman–Crippen LogP) is 3.12. The number of aromatic nitrogens is 2. The Labute approximate surface area is 104 Å². The molecular weight excluding hydrogens is 238 g/mol. The SMILES string of the molecule is Cc1ccc(C)c(Oc2ncnc(N)c2Cl)c1. The highest BCUT2D eigenvalue weighted by Crippen LogP contribution is 2.31. The number of benzene rings is 1. The monoisotopic (exact) mass is 249 g/mol. The average Bonchev–Trinajstić information content (AvgIpc) is 2.30. The lowest BCUT2D eigenvalue weighted by Gasteiger charge is -2.10. The molecule has 1 heterocycles. The largest absolute Gasteiger partial charge is 0.437 e. The molecule has 5 heteroatoms. The molecule has 2 aromatic rings.